The molecule has 11 rings (SSSR count). The van der Waals surface area contributed by atoms with Crippen LogP contribution < -0.4 is 0 Å². The SMILES string of the molecule is CC(=O)O[C@H]1C(=O)O[C@H]2O[C@]34C(=O)O[C@@H]5C[C@@H](C(C)(C)C)[C@@]21[C@@]53C[C@@H]1OC(=O)[C@@H](C)[C@@]14O[C@@H]1O[C@H](OCc2ccccc2)[C@@H](OCc2ccccc2)[C@H](OCc2ccccc2)[C@H]1OCc1ccccc1. The van der Waals surface area contributed by atoms with Gasteiger partial charge in [0.2, 0.25) is 18.0 Å². The Hall–Kier alpha value is -5.52. The van der Waals surface area contributed by atoms with E-state index in [0.717, 1.165) is 22.3 Å². The zero-order valence-corrected chi connectivity index (χ0v) is 39.8. The van der Waals surface area contributed by atoms with E-state index in [1.165, 1.54) is 6.92 Å². The van der Waals surface area contributed by atoms with Gasteiger partial charge in [0.15, 0.2) is 18.2 Å². The summed E-state index contributed by atoms with van der Waals surface area (Å²) >= 11 is 0. The highest BCUT2D eigenvalue weighted by Crippen LogP contribution is 2.85. The molecule has 2 spiro atoms. The lowest BCUT2D eigenvalue weighted by Crippen LogP contribution is -2.71. The van der Waals surface area contributed by atoms with Crippen molar-refractivity contribution in [1.29, 1.82) is 0 Å². The largest absolute Gasteiger partial charge is 0.459 e. The van der Waals surface area contributed by atoms with Crippen molar-refractivity contribution in [2.45, 2.75) is 141 Å². The molecule has 7 fully saturated rings. The molecule has 70 heavy (non-hydrogen) atoms. The van der Waals surface area contributed by atoms with Gasteiger partial charge in [0.05, 0.1) is 43.2 Å². The van der Waals surface area contributed by atoms with Crippen LogP contribution in [0.3, 0.4) is 0 Å². The Morgan fingerprint density at radius 1 is 0.629 bits per heavy atom. The molecule has 15 atom stereocenters. The fourth-order valence-corrected chi connectivity index (χ4v) is 13.4. The highest BCUT2D eigenvalue weighted by molar-refractivity contribution is 5.94. The van der Waals surface area contributed by atoms with Gasteiger partial charge in [-0.25, -0.2) is 9.59 Å². The Bertz CT molecular complexity index is 2590. The Balaban J connectivity index is 1.06. The van der Waals surface area contributed by atoms with Gasteiger partial charge in [-0.2, -0.15) is 0 Å². The van der Waals surface area contributed by atoms with Crippen LogP contribution in [0, 0.1) is 28.1 Å². The lowest BCUT2D eigenvalue weighted by atomic mass is 9.51. The maximum atomic E-state index is 15.4. The molecule has 4 aromatic carbocycles. The van der Waals surface area contributed by atoms with Gasteiger partial charge in [-0.1, -0.05) is 142 Å². The standard InChI is InChI=1S/C55H58O15/c1-32-45(57)65-40-27-52-39-26-38(51(3,4)5)53(52)44(64-33(2)56)46(58)67-50(53)70-55(52,49(59)66-39)54(32,40)69-48-43(62-30-36-22-14-8-15-23-36)41(60-28-34-18-10-6-11-19-34)42(61-29-35-20-12-7-13-21-35)47(68-48)63-31-37-24-16-9-17-25-37/h6-25,32,38-44,47-48,50H,26-31H2,1-5H3/t32-,38+,39-,40+,41+,42+,43-,44+,47+,48+,50+,52-,53+,54-,55-/m1/s1. The number of fused-ring (bicyclic) bond motifs is 1. The molecular weight excluding hydrogens is 901 g/mol. The number of carbonyl (C=O) groups is 4. The zero-order valence-electron chi connectivity index (χ0n) is 39.8. The number of benzene rings is 4. The molecule has 0 amide bonds. The van der Waals surface area contributed by atoms with Gasteiger partial charge < -0.3 is 52.1 Å². The van der Waals surface area contributed by atoms with Crippen molar-refractivity contribution in [3.05, 3.63) is 144 Å². The molecule has 0 bridgehead atoms. The Kier molecular flexibility index (Phi) is 11.8. The first-order valence-electron chi connectivity index (χ1n) is 24.2. The fourth-order valence-electron chi connectivity index (χ4n) is 13.4. The molecule has 0 radical (unpaired) electrons. The van der Waals surface area contributed by atoms with Gasteiger partial charge >= 0.3 is 23.9 Å². The van der Waals surface area contributed by atoms with E-state index < -0.39 is 119 Å². The summed E-state index contributed by atoms with van der Waals surface area (Å²) in [5, 5.41) is 0. The van der Waals surface area contributed by atoms with Crippen LogP contribution in [-0.2, 0) is 97.7 Å². The van der Waals surface area contributed by atoms with Crippen molar-refractivity contribution in [3.8, 4) is 0 Å². The summed E-state index contributed by atoms with van der Waals surface area (Å²) in [6.45, 7) is 9.36. The van der Waals surface area contributed by atoms with Crippen molar-refractivity contribution >= 4 is 23.9 Å². The molecular formula is C55H58O15. The predicted molar refractivity (Wildman–Crippen MR) is 244 cm³/mol. The van der Waals surface area contributed by atoms with Gasteiger partial charge in [-0.15, -0.1) is 0 Å². The minimum Gasteiger partial charge on any atom is -0.459 e. The van der Waals surface area contributed by atoms with E-state index in [0.29, 0.717) is 0 Å². The lowest BCUT2D eigenvalue weighted by Gasteiger charge is -2.50. The third kappa shape index (κ3) is 6.94. The maximum absolute atomic E-state index is 15.4. The molecule has 368 valence electrons. The van der Waals surface area contributed by atoms with Gasteiger partial charge in [-0.05, 0) is 46.9 Å². The minimum atomic E-state index is -2.17. The van der Waals surface area contributed by atoms with E-state index in [-0.39, 0.29) is 39.3 Å². The van der Waals surface area contributed by atoms with E-state index in [2.05, 4.69) is 0 Å². The second-order valence-corrected chi connectivity index (χ2v) is 20.7. The van der Waals surface area contributed by atoms with E-state index in [1.54, 1.807) is 6.92 Å². The summed E-state index contributed by atoms with van der Waals surface area (Å²) in [6, 6.07) is 38.6. The molecule has 4 aromatic rings. The van der Waals surface area contributed by atoms with Crippen molar-refractivity contribution in [2.75, 3.05) is 0 Å². The molecule has 0 aromatic heterocycles. The van der Waals surface area contributed by atoms with E-state index in [9.17, 15) is 14.4 Å². The molecule has 5 saturated heterocycles. The third-order valence-corrected chi connectivity index (χ3v) is 16.1. The first-order valence-corrected chi connectivity index (χ1v) is 24.2. The van der Waals surface area contributed by atoms with Gasteiger partial charge in [0, 0.05) is 13.3 Å². The van der Waals surface area contributed by atoms with Crippen molar-refractivity contribution in [1.82, 2.24) is 0 Å². The summed E-state index contributed by atoms with van der Waals surface area (Å²) in [5.41, 5.74) is -4.26. The maximum Gasteiger partial charge on any atom is 0.350 e. The molecule has 0 unspecified atom stereocenters. The second kappa shape index (κ2) is 17.7. The lowest BCUT2D eigenvalue weighted by molar-refractivity contribution is -0.399. The van der Waals surface area contributed by atoms with Crippen LogP contribution in [0.15, 0.2) is 121 Å². The Labute approximate surface area is 406 Å². The zero-order chi connectivity index (χ0) is 48.6. The number of rotatable bonds is 15. The van der Waals surface area contributed by atoms with Crippen LogP contribution in [0.1, 0.15) is 69.7 Å². The number of hydrogen-bond donors (Lipinski definition) is 0. The van der Waals surface area contributed by atoms with Crippen LogP contribution in [0.5, 0.6) is 0 Å². The third-order valence-electron chi connectivity index (χ3n) is 16.1. The predicted octanol–water partition coefficient (Wildman–Crippen LogP) is 6.91. The first-order chi connectivity index (χ1) is 33.7. The van der Waals surface area contributed by atoms with Gasteiger partial charge in [-0.3, -0.25) is 9.59 Å². The summed E-state index contributed by atoms with van der Waals surface area (Å²) in [5.74, 6) is -4.62. The van der Waals surface area contributed by atoms with E-state index in [4.69, 9.17) is 52.1 Å². The fraction of sp³-hybridized carbons (Fsp3) is 0.491. The highest BCUT2D eigenvalue weighted by Gasteiger charge is 3.02. The molecule has 15 nitrogen and oxygen atoms in total. The highest BCUT2D eigenvalue weighted by atomic mass is 16.8. The first kappa shape index (κ1) is 46.8. The topological polar surface area (TPSA) is 170 Å². The summed E-state index contributed by atoms with van der Waals surface area (Å²) in [4.78, 5) is 56.8. The van der Waals surface area contributed by atoms with E-state index >= 15 is 4.79 Å². The van der Waals surface area contributed by atoms with E-state index in [1.807, 2.05) is 142 Å². The second-order valence-electron chi connectivity index (χ2n) is 20.7. The van der Waals surface area contributed by atoms with Gasteiger partial charge in [0.25, 0.3) is 0 Å². The molecule has 2 saturated carbocycles. The monoisotopic (exact) mass is 958 g/mol. The Morgan fingerprint density at radius 3 is 1.64 bits per heavy atom. The Morgan fingerprint density at radius 2 is 1.13 bits per heavy atom. The molecule has 7 aliphatic rings. The summed E-state index contributed by atoms with van der Waals surface area (Å²) in [7, 11) is 0. The molecule has 5 heterocycles. The molecule has 2 aliphatic carbocycles. The summed E-state index contributed by atoms with van der Waals surface area (Å²) in [6.07, 6.45) is -10.5. The molecule has 15 heteroatoms. The van der Waals surface area contributed by atoms with Crippen molar-refractivity contribution in [3.63, 3.8) is 0 Å². The average Bonchev–Trinajstić information content (AvgIpc) is 4.08. The van der Waals surface area contributed by atoms with Crippen LogP contribution >= 0.6 is 0 Å². The van der Waals surface area contributed by atoms with Crippen LogP contribution in [-0.4, -0.2) is 90.6 Å². The van der Waals surface area contributed by atoms with Crippen molar-refractivity contribution < 1.29 is 71.3 Å². The average molecular weight is 959 g/mol. The quantitative estimate of drug-likeness (QED) is 0.0889. The van der Waals surface area contributed by atoms with Crippen LogP contribution in [0.25, 0.3) is 0 Å². The number of ether oxygens (including phenoxy) is 11. The van der Waals surface area contributed by atoms with Crippen molar-refractivity contribution in [2.24, 2.45) is 28.1 Å². The normalized spacial score (nSPS) is 37.8. The van der Waals surface area contributed by atoms with Crippen LogP contribution in [0.2, 0.25) is 0 Å². The number of hydrogen-bond acceptors (Lipinski definition) is 15. The van der Waals surface area contributed by atoms with Crippen LogP contribution in [0.4, 0.5) is 0 Å². The minimum absolute atomic E-state index is 0.0517. The number of esters is 4. The molecule has 5 aliphatic heterocycles. The number of carbonyl (C=O) groups excluding carboxylic acids is 4. The smallest absolute Gasteiger partial charge is 0.350 e. The summed E-state index contributed by atoms with van der Waals surface area (Å²) < 4.78 is 74.3. The molecule has 0 N–H and O–H groups in total. The van der Waals surface area contributed by atoms with Gasteiger partial charge in [0.1, 0.15) is 30.5 Å².